The van der Waals surface area contributed by atoms with Crippen molar-refractivity contribution in [3.63, 3.8) is 0 Å². The van der Waals surface area contributed by atoms with E-state index in [1.54, 1.807) is 28.0 Å². The Morgan fingerprint density at radius 1 is 1.26 bits per heavy atom. The zero-order chi connectivity index (χ0) is 19.2. The first kappa shape index (κ1) is 18.4. The van der Waals surface area contributed by atoms with Crippen molar-refractivity contribution in [1.29, 1.82) is 0 Å². The Kier molecular flexibility index (Phi) is 4.69. The second kappa shape index (κ2) is 6.88. The van der Waals surface area contributed by atoms with Crippen molar-refractivity contribution in [3.05, 3.63) is 56.1 Å². The fraction of sp³-hybridized carbons (Fsp3) is 0.444. The summed E-state index contributed by atoms with van der Waals surface area (Å²) >= 11 is 1.56. The van der Waals surface area contributed by atoms with Crippen LogP contribution in [-0.4, -0.2) is 42.5 Å². The van der Waals surface area contributed by atoms with Crippen LogP contribution < -0.4 is 10.9 Å². The molecule has 0 saturated carbocycles. The molecule has 9 heteroatoms. The number of hydrogen-bond donors (Lipinski definition) is 1. The molecule has 0 aromatic carbocycles. The third kappa shape index (κ3) is 3.59. The number of carbonyl (C=O) groups is 1. The monoisotopic (exact) mass is 407 g/mol. The lowest BCUT2D eigenvalue weighted by Gasteiger charge is -2.41. The molecule has 1 saturated heterocycles. The van der Waals surface area contributed by atoms with E-state index in [1.165, 1.54) is 10.6 Å². The maximum atomic E-state index is 12.9. The van der Waals surface area contributed by atoms with Crippen LogP contribution in [0, 0.1) is 5.92 Å². The fourth-order valence-electron chi connectivity index (χ4n) is 4.02. The molecular weight excluding hydrogens is 386 g/mol. The molecule has 1 fully saturated rings. The molecule has 0 radical (unpaired) electrons. The van der Waals surface area contributed by atoms with Gasteiger partial charge < -0.3 is 9.88 Å². The van der Waals surface area contributed by atoms with Crippen molar-refractivity contribution < 1.29 is 13.2 Å². The maximum Gasteiger partial charge on any atom is 0.263 e. The third-order valence-corrected chi connectivity index (χ3v) is 7.29. The Hall–Kier alpha value is -1.97. The number of rotatable bonds is 4. The molecular formula is C18H21N3O4S2. The van der Waals surface area contributed by atoms with Crippen LogP contribution in [-0.2, 0) is 23.1 Å². The van der Waals surface area contributed by atoms with Crippen molar-refractivity contribution in [1.82, 2.24) is 14.2 Å². The fourth-order valence-corrected chi connectivity index (χ4v) is 5.62. The minimum atomic E-state index is -3.25. The van der Waals surface area contributed by atoms with Gasteiger partial charge in [0.1, 0.15) is 5.56 Å². The summed E-state index contributed by atoms with van der Waals surface area (Å²) in [4.78, 5) is 25.4. The van der Waals surface area contributed by atoms with E-state index in [9.17, 15) is 18.0 Å². The van der Waals surface area contributed by atoms with E-state index in [1.807, 2.05) is 16.8 Å². The Labute approximate surface area is 161 Å². The highest BCUT2D eigenvalue weighted by Gasteiger charge is 2.38. The highest BCUT2D eigenvalue weighted by atomic mass is 32.2. The number of sulfonamides is 1. The second-order valence-electron chi connectivity index (χ2n) is 7.28. The van der Waals surface area contributed by atoms with Gasteiger partial charge in [-0.25, -0.2) is 12.7 Å². The zero-order valence-electron chi connectivity index (χ0n) is 14.9. The SMILES string of the molecule is CS(=O)(=O)N1C[C@@H]2C[C@H](C1)c1ccc(C(=O)NCc3ccsc3)c(=O)n1C2. The normalized spacial score (nSPS) is 22.3. The summed E-state index contributed by atoms with van der Waals surface area (Å²) in [5, 5.41) is 6.68. The molecule has 4 heterocycles. The molecule has 2 aliphatic rings. The van der Waals surface area contributed by atoms with Crippen molar-refractivity contribution in [2.24, 2.45) is 5.92 Å². The number of pyridine rings is 1. The van der Waals surface area contributed by atoms with Gasteiger partial charge in [0.2, 0.25) is 10.0 Å². The van der Waals surface area contributed by atoms with E-state index in [0.29, 0.717) is 26.2 Å². The standard InChI is InChI=1S/C18H21N3O4S2/c1-27(24,25)20-8-13-6-14(10-20)16-3-2-15(18(23)21(16)9-13)17(22)19-7-12-4-5-26-11-12/h2-5,11,13-14H,6-10H2,1H3,(H,19,22)/t13-,14+/m0/s1. The molecule has 1 N–H and O–H groups in total. The van der Waals surface area contributed by atoms with Gasteiger partial charge in [0.15, 0.2) is 0 Å². The number of amides is 1. The average Bonchev–Trinajstić information content (AvgIpc) is 3.13. The van der Waals surface area contributed by atoms with Crippen LogP contribution in [0.5, 0.6) is 0 Å². The number of carbonyl (C=O) groups excluding carboxylic acids is 1. The van der Waals surface area contributed by atoms with Gasteiger partial charge in [-0.05, 0) is 46.9 Å². The molecule has 2 bridgehead atoms. The molecule has 7 nitrogen and oxygen atoms in total. The Morgan fingerprint density at radius 2 is 2.07 bits per heavy atom. The molecule has 0 aliphatic carbocycles. The Balaban J connectivity index is 1.59. The minimum absolute atomic E-state index is 0.0113. The van der Waals surface area contributed by atoms with E-state index in [-0.39, 0.29) is 28.9 Å². The Morgan fingerprint density at radius 3 is 2.78 bits per heavy atom. The third-order valence-electron chi connectivity index (χ3n) is 5.32. The highest BCUT2D eigenvalue weighted by Crippen LogP contribution is 2.35. The summed E-state index contributed by atoms with van der Waals surface area (Å²) in [6.07, 6.45) is 2.09. The molecule has 27 heavy (non-hydrogen) atoms. The number of aromatic nitrogens is 1. The van der Waals surface area contributed by atoms with Crippen molar-refractivity contribution in [3.8, 4) is 0 Å². The van der Waals surface area contributed by atoms with Gasteiger partial charge in [-0.2, -0.15) is 11.3 Å². The van der Waals surface area contributed by atoms with E-state index >= 15 is 0 Å². The predicted octanol–water partition coefficient (Wildman–Crippen LogP) is 1.22. The largest absolute Gasteiger partial charge is 0.348 e. The van der Waals surface area contributed by atoms with Crippen LogP contribution in [0.2, 0.25) is 0 Å². The number of nitrogens with one attached hydrogen (secondary N) is 1. The molecule has 2 atom stereocenters. The van der Waals surface area contributed by atoms with Gasteiger partial charge >= 0.3 is 0 Å². The van der Waals surface area contributed by atoms with Gasteiger partial charge in [-0.15, -0.1) is 0 Å². The molecule has 144 valence electrons. The lowest BCUT2D eigenvalue weighted by atomic mass is 9.84. The molecule has 4 rings (SSSR count). The minimum Gasteiger partial charge on any atom is -0.348 e. The van der Waals surface area contributed by atoms with Crippen molar-refractivity contribution in [2.75, 3.05) is 19.3 Å². The number of piperidine rings is 1. The van der Waals surface area contributed by atoms with E-state index in [4.69, 9.17) is 0 Å². The second-order valence-corrected chi connectivity index (χ2v) is 10.0. The van der Waals surface area contributed by atoms with Gasteiger partial charge in [0.05, 0.1) is 6.26 Å². The average molecular weight is 408 g/mol. The van der Waals surface area contributed by atoms with Gasteiger partial charge in [-0.3, -0.25) is 9.59 Å². The number of hydrogen-bond acceptors (Lipinski definition) is 5. The first-order valence-electron chi connectivity index (χ1n) is 8.81. The van der Waals surface area contributed by atoms with Crippen molar-refractivity contribution >= 4 is 27.3 Å². The number of thiophene rings is 1. The summed E-state index contributed by atoms with van der Waals surface area (Å²) in [5.74, 6) is -0.300. The number of fused-ring (bicyclic) bond motifs is 4. The van der Waals surface area contributed by atoms with E-state index in [2.05, 4.69) is 5.32 Å². The van der Waals surface area contributed by atoms with Gasteiger partial charge in [0, 0.05) is 37.8 Å². The summed E-state index contributed by atoms with van der Waals surface area (Å²) in [6, 6.07) is 5.30. The van der Waals surface area contributed by atoms with Crippen LogP contribution in [0.4, 0.5) is 0 Å². The molecule has 2 aliphatic heterocycles. The lowest BCUT2D eigenvalue weighted by Crippen LogP contribution is -2.49. The lowest BCUT2D eigenvalue weighted by molar-refractivity contribution is 0.0947. The van der Waals surface area contributed by atoms with E-state index in [0.717, 1.165) is 17.7 Å². The van der Waals surface area contributed by atoms with Crippen LogP contribution in [0.15, 0.2) is 33.8 Å². The first-order chi connectivity index (χ1) is 12.8. The smallest absolute Gasteiger partial charge is 0.263 e. The molecule has 0 unspecified atom stereocenters. The van der Waals surface area contributed by atoms with Crippen LogP contribution in [0.1, 0.15) is 34.0 Å². The summed E-state index contributed by atoms with van der Waals surface area (Å²) in [5.41, 5.74) is 1.66. The number of nitrogens with zero attached hydrogens (tertiary/aromatic N) is 2. The van der Waals surface area contributed by atoms with Gasteiger partial charge in [-0.1, -0.05) is 0 Å². The topological polar surface area (TPSA) is 88.5 Å². The summed E-state index contributed by atoms with van der Waals surface area (Å²) in [7, 11) is -3.25. The first-order valence-corrected chi connectivity index (χ1v) is 11.6. The maximum absolute atomic E-state index is 12.9. The van der Waals surface area contributed by atoms with E-state index < -0.39 is 10.0 Å². The summed E-state index contributed by atoms with van der Waals surface area (Å²) < 4.78 is 27.0. The Bertz CT molecular complexity index is 1030. The van der Waals surface area contributed by atoms with Crippen LogP contribution in [0.25, 0.3) is 0 Å². The zero-order valence-corrected chi connectivity index (χ0v) is 16.6. The summed E-state index contributed by atoms with van der Waals surface area (Å²) in [6.45, 7) is 1.65. The molecule has 0 spiro atoms. The predicted molar refractivity (Wildman–Crippen MR) is 103 cm³/mol. The van der Waals surface area contributed by atoms with Gasteiger partial charge in [0.25, 0.3) is 11.5 Å². The van der Waals surface area contributed by atoms with Crippen LogP contribution in [0.3, 0.4) is 0 Å². The highest BCUT2D eigenvalue weighted by molar-refractivity contribution is 7.88. The molecule has 2 aromatic rings. The quantitative estimate of drug-likeness (QED) is 0.825. The van der Waals surface area contributed by atoms with Crippen molar-refractivity contribution in [2.45, 2.75) is 25.4 Å². The molecule has 1 amide bonds. The molecule has 2 aromatic heterocycles. The van der Waals surface area contributed by atoms with Crippen LogP contribution >= 0.6 is 11.3 Å².